The molecule has 1 fully saturated rings. The Bertz CT molecular complexity index is 843. The molecule has 138 valence electrons. The molecule has 1 aromatic heterocycles. The minimum absolute atomic E-state index is 0.262. The third kappa shape index (κ3) is 4.17. The summed E-state index contributed by atoms with van der Waals surface area (Å²) in [5.74, 6) is -0.262. The van der Waals surface area contributed by atoms with E-state index in [1.165, 1.54) is 9.47 Å². The van der Waals surface area contributed by atoms with E-state index in [-0.39, 0.29) is 5.75 Å². The number of nitrogens with zero attached hydrogens (tertiary/aromatic N) is 3. The Morgan fingerprint density at radius 3 is 2.31 bits per heavy atom. The van der Waals surface area contributed by atoms with E-state index in [4.69, 9.17) is 16.7 Å². The average Bonchev–Trinajstić information content (AvgIpc) is 2.63. The van der Waals surface area contributed by atoms with Gasteiger partial charge in [-0.25, -0.2) is 4.79 Å². The number of hydrogen-bond donors (Lipinski definition) is 2. The molecule has 26 heavy (non-hydrogen) atoms. The van der Waals surface area contributed by atoms with E-state index in [0.717, 1.165) is 5.56 Å². The van der Waals surface area contributed by atoms with Crippen molar-refractivity contribution in [3.63, 3.8) is 0 Å². The van der Waals surface area contributed by atoms with Gasteiger partial charge in [0.25, 0.3) is 5.56 Å². The van der Waals surface area contributed by atoms with Crippen LogP contribution in [0.15, 0.2) is 41.3 Å². The highest BCUT2D eigenvalue weighted by molar-refractivity contribution is 6.30. The summed E-state index contributed by atoms with van der Waals surface area (Å²) in [5.41, 5.74) is 1.01. The van der Waals surface area contributed by atoms with Crippen LogP contribution < -0.4 is 5.56 Å². The van der Waals surface area contributed by atoms with E-state index in [0.29, 0.717) is 49.9 Å². The van der Waals surface area contributed by atoms with Crippen LogP contribution >= 0.6 is 11.6 Å². The van der Waals surface area contributed by atoms with Crippen LogP contribution in [0.1, 0.15) is 11.1 Å². The van der Waals surface area contributed by atoms with E-state index < -0.39 is 11.7 Å². The van der Waals surface area contributed by atoms with Gasteiger partial charge in [-0.3, -0.25) is 9.69 Å². The Morgan fingerprint density at radius 1 is 1.04 bits per heavy atom. The zero-order valence-corrected chi connectivity index (χ0v) is 14.9. The van der Waals surface area contributed by atoms with E-state index >= 15 is 0 Å². The smallest absolute Gasteiger partial charge is 0.407 e. The molecule has 0 saturated carbocycles. The van der Waals surface area contributed by atoms with Crippen molar-refractivity contribution in [1.29, 1.82) is 0 Å². The summed E-state index contributed by atoms with van der Waals surface area (Å²) in [4.78, 5) is 26.8. The van der Waals surface area contributed by atoms with Crippen molar-refractivity contribution in [3.8, 4) is 5.75 Å². The lowest BCUT2D eigenvalue weighted by molar-refractivity contribution is 0.102. The average molecular weight is 378 g/mol. The summed E-state index contributed by atoms with van der Waals surface area (Å²) in [5, 5.41) is 19.9. The largest absolute Gasteiger partial charge is 0.503 e. The molecule has 0 unspecified atom stereocenters. The van der Waals surface area contributed by atoms with Gasteiger partial charge < -0.3 is 19.7 Å². The van der Waals surface area contributed by atoms with E-state index in [1.807, 2.05) is 17.0 Å². The molecule has 0 radical (unpaired) electrons. The number of carbonyl (C=O) groups is 1. The second-order valence-electron chi connectivity index (χ2n) is 6.29. The van der Waals surface area contributed by atoms with Crippen LogP contribution in [0, 0.1) is 0 Å². The minimum atomic E-state index is -0.919. The molecule has 0 spiro atoms. The standard InChI is InChI=1S/C18H20ClN3O4/c19-15-3-1-13(2-4-15)11-22-6-5-14(16(23)17(22)24)12-20-7-9-21(10-8-20)18(25)26/h1-6,23H,7-12H2,(H,25,26). The molecule has 1 aliphatic rings. The third-order valence-corrected chi connectivity index (χ3v) is 4.78. The first kappa shape index (κ1) is 18.3. The lowest BCUT2D eigenvalue weighted by Crippen LogP contribution is -2.47. The van der Waals surface area contributed by atoms with Crippen LogP contribution in [0.2, 0.25) is 5.02 Å². The van der Waals surface area contributed by atoms with Gasteiger partial charge in [0.2, 0.25) is 0 Å². The molecule has 0 bridgehead atoms. The van der Waals surface area contributed by atoms with Crippen molar-refractivity contribution < 1.29 is 15.0 Å². The van der Waals surface area contributed by atoms with Crippen molar-refractivity contribution >= 4 is 17.7 Å². The number of benzene rings is 1. The van der Waals surface area contributed by atoms with Crippen molar-refractivity contribution in [1.82, 2.24) is 14.4 Å². The van der Waals surface area contributed by atoms with Gasteiger partial charge in [-0.05, 0) is 23.8 Å². The third-order valence-electron chi connectivity index (χ3n) is 4.53. The molecule has 0 aliphatic carbocycles. The minimum Gasteiger partial charge on any atom is -0.503 e. The first-order valence-electron chi connectivity index (χ1n) is 8.30. The van der Waals surface area contributed by atoms with Crippen molar-refractivity contribution in [2.45, 2.75) is 13.1 Å². The summed E-state index contributed by atoms with van der Waals surface area (Å²) < 4.78 is 1.45. The molecule has 2 heterocycles. The number of aromatic nitrogens is 1. The van der Waals surface area contributed by atoms with Crippen LogP contribution in [0.5, 0.6) is 5.75 Å². The highest BCUT2D eigenvalue weighted by Gasteiger charge is 2.21. The lowest BCUT2D eigenvalue weighted by atomic mass is 10.2. The molecule has 3 rings (SSSR count). The van der Waals surface area contributed by atoms with Crippen molar-refractivity contribution in [2.24, 2.45) is 0 Å². The first-order chi connectivity index (χ1) is 12.4. The zero-order valence-electron chi connectivity index (χ0n) is 14.1. The molecule has 2 N–H and O–H groups in total. The second kappa shape index (κ2) is 7.80. The van der Waals surface area contributed by atoms with Gasteiger partial charge in [-0.1, -0.05) is 23.7 Å². The van der Waals surface area contributed by atoms with Gasteiger partial charge in [0.05, 0.1) is 6.54 Å². The number of halogens is 1. The zero-order chi connectivity index (χ0) is 18.7. The SMILES string of the molecule is O=C(O)N1CCN(Cc2ccn(Cc3ccc(Cl)cc3)c(=O)c2O)CC1. The lowest BCUT2D eigenvalue weighted by Gasteiger charge is -2.33. The molecule has 8 heteroatoms. The maximum Gasteiger partial charge on any atom is 0.407 e. The topological polar surface area (TPSA) is 86.0 Å². The molecular formula is C18H20ClN3O4. The highest BCUT2D eigenvalue weighted by Crippen LogP contribution is 2.16. The number of piperazine rings is 1. The van der Waals surface area contributed by atoms with Gasteiger partial charge >= 0.3 is 6.09 Å². The molecule has 0 atom stereocenters. The normalized spacial score (nSPS) is 15.2. The Morgan fingerprint density at radius 2 is 1.69 bits per heavy atom. The molecule has 1 aromatic carbocycles. The Kier molecular flexibility index (Phi) is 5.49. The number of hydrogen-bond acceptors (Lipinski definition) is 4. The number of pyridine rings is 1. The van der Waals surface area contributed by atoms with Gasteiger partial charge in [-0.2, -0.15) is 0 Å². The fraction of sp³-hybridized carbons (Fsp3) is 0.333. The molecule has 1 saturated heterocycles. The monoisotopic (exact) mass is 377 g/mol. The Labute approximate surface area is 155 Å². The van der Waals surface area contributed by atoms with Gasteiger partial charge in [0, 0.05) is 49.5 Å². The van der Waals surface area contributed by atoms with Gasteiger partial charge in [0.15, 0.2) is 5.75 Å². The summed E-state index contributed by atoms with van der Waals surface area (Å²) in [6, 6.07) is 8.92. The van der Waals surface area contributed by atoms with Crippen LogP contribution in [0.4, 0.5) is 4.79 Å². The summed E-state index contributed by atoms with van der Waals surface area (Å²) in [6.45, 7) is 2.74. The van der Waals surface area contributed by atoms with Crippen molar-refractivity contribution in [3.05, 3.63) is 63.0 Å². The van der Waals surface area contributed by atoms with E-state index in [9.17, 15) is 14.7 Å². The van der Waals surface area contributed by atoms with Gasteiger partial charge in [-0.15, -0.1) is 0 Å². The quantitative estimate of drug-likeness (QED) is 0.851. The predicted molar refractivity (Wildman–Crippen MR) is 97.8 cm³/mol. The molecule has 1 amide bonds. The molecule has 1 aliphatic heterocycles. The fourth-order valence-electron chi connectivity index (χ4n) is 2.98. The van der Waals surface area contributed by atoms with Crippen LogP contribution in [-0.4, -0.2) is 56.9 Å². The van der Waals surface area contributed by atoms with E-state index in [2.05, 4.69) is 0 Å². The van der Waals surface area contributed by atoms with Crippen molar-refractivity contribution in [2.75, 3.05) is 26.2 Å². The molecule has 2 aromatic rings. The summed E-state index contributed by atoms with van der Waals surface area (Å²) in [7, 11) is 0. The van der Waals surface area contributed by atoms with E-state index in [1.54, 1.807) is 24.4 Å². The summed E-state index contributed by atoms with van der Waals surface area (Å²) in [6.07, 6.45) is 0.747. The molecular weight excluding hydrogens is 358 g/mol. The number of rotatable bonds is 4. The predicted octanol–water partition coefficient (Wildman–Crippen LogP) is 2.05. The second-order valence-corrected chi connectivity index (χ2v) is 6.73. The number of aromatic hydroxyl groups is 1. The Balaban J connectivity index is 1.69. The van der Waals surface area contributed by atoms with Crippen LogP contribution in [0.3, 0.4) is 0 Å². The number of amides is 1. The first-order valence-corrected chi connectivity index (χ1v) is 8.68. The number of carboxylic acid groups (broad SMARTS) is 1. The maximum absolute atomic E-state index is 12.4. The molecule has 7 nitrogen and oxygen atoms in total. The van der Waals surface area contributed by atoms with Crippen LogP contribution in [0.25, 0.3) is 0 Å². The van der Waals surface area contributed by atoms with Gasteiger partial charge in [0.1, 0.15) is 0 Å². The highest BCUT2D eigenvalue weighted by atomic mass is 35.5. The Hall–Kier alpha value is -2.51. The fourth-order valence-corrected chi connectivity index (χ4v) is 3.10. The van der Waals surface area contributed by atoms with Crippen LogP contribution in [-0.2, 0) is 13.1 Å². The maximum atomic E-state index is 12.4. The summed E-state index contributed by atoms with van der Waals surface area (Å²) >= 11 is 5.86.